The van der Waals surface area contributed by atoms with Crippen LogP contribution in [0.5, 0.6) is 5.75 Å². The van der Waals surface area contributed by atoms with Crippen molar-refractivity contribution in [3.63, 3.8) is 0 Å². The Bertz CT molecular complexity index is 733. The third-order valence-corrected chi connectivity index (χ3v) is 3.80. The zero-order chi connectivity index (χ0) is 18.9. The number of carbonyl (C=O) groups is 1. The van der Waals surface area contributed by atoms with Crippen molar-refractivity contribution in [2.75, 3.05) is 13.2 Å². The van der Waals surface area contributed by atoms with Gasteiger partial charge in [0.2, 0.25) is 0 Å². The summed E-state index contributed by atoms with van der Waals surface area (Å²) in [5.41, 5.74) is 7.79. The number of hydrogen-bond acceptors (Lipinski definition) is 4. The van der Waals surface area contributed by atoms with Gasteiger partial charge in [-0.2, -0.15) is 0 Å². The Balaban J connectivity index is 0.00000364. The number of rotatable bonds is 9. The first-order valence-corrected chi connectivity index (χ1v) is 8.60. The highest BCUT2D eigenvalue weighted by Crippen LogP contribution is 2.21. The molecule has 146 valence electrons. The maximum atomic E-state index is 12.6. The first-order valence-electron chi connectivity index (χ1n) is 8.60. The highest BCUT2D eigenvalue weighted by Gasteiger charge is 2.20. The van der Waals surface area contributed by atoms with Gasteiger partial charge >= 0.3 is 0 Å². The summed E-state index contributed by atoms with van der Waals surface area (Å²) in [6.07, 6.45) is -0.674. The van der Waals surface area contributed by atoms with E-state index in [4.69, 9.17) is 20.6 Å². The zero-order valence-electron chi connectivity index (χ0n) is 15.5. The number of nitrogen functional groups attached to an aromatic ring is 1. The summed E-state index contributed by atoms with van der Waals surface area (Å²) < 4.78 is 11.1. The van der Waals surface area contributed by atoms with Crippen LogP contribution in [0.4, 0.5) is 0 Å². The lowest BCUT2D eigenvalue weighted by molar-refractivity contribution is -0.133. The lowest BCUT2D eigenvalue weighted by Crippen LogP contribution is -2.30. The number of nitrogens with two attached hydrogens (primary N) is 1. The van der Waals surface area contributed by atoms with Gasteiger partial charge in [-0.25, -0.2) is 0 Å². The van der Waals surface area contributed by atoms with Crippen molar-refractivity contribution in [2.45, 2.75) is 26.5 Å². The largest absolute Gasteiger partial charge is 0.494 e. The molecule has 6 nitrogen and oxygen atoms in total. The van der Waals surface area contributed by atoms with Gasteiger partial charge < -0.3 is 20.5 Å². The molecular weight excluding hydrogens is 366 g/mol. The van der Waals surface area contributed by atoms with E-state index in [9.17, 15) is 4.79 Å². The molecule has 0 aliphatic rings. The summed E-state index contributed by atoms with van der Waals surface area (Å²) in [7, 11) is 0. The van der Waals surface area contributed by atoms with E-state index in [0.717, 1.165) is 16.9 Å². The van der Waals surface area contributed by atoms with Gasteiger partial charge in [-0.1, -0.05) is 36.4 Å². The van der Waals surface area contributed by atoms with Crippen LogP contribution in [0.2, 0.25) is 0 Å². The molecule has 2 rings (SSSR count). The summed E-state index contributed by atoms with van der Waals surface area (Å²) >= 11 is 0. The van der Waals surface area contributed by atoms with Crippen molar-refractivity contribution in [3.8, 4) is 5.75 Å². The average molecular weight is 392 g/mol. The van der Waals surface area contributed by atoms with Crippen molar-refractivity contribution in [3.05, 3.63) is 65.2 Å². The van der Waals surface area contributed by atoms with Gasteiger partial charge in [0.15, 0.2) is 6.10 Å². The normalized spacial score (nSPS) is 11.2. The molecule has 0 fully saturated rings. The molecule has 1 atom stereocenters. The van der Waals surface area contributed by atoms with Crippen LogP contribution in [0.15, 0.2) is 48.5 Å². The molecule has 0 saturated carbocycles. The van der Waals surface area contributed by atoms with Gasteiger partial charge in [0.1, 0.15) is 11.6 Å². The van der Waals surface area contributed by atoms with Crippen LogP contribution in [0.25, 0.3) is 0 Å². The predicted molar refractivity (Wildman–Crippen MR) is 109 cm³/mol. The van der Waals surface area contributed by atoms with Gasteiger partial charge in [-0.05, 0) is 37.1 Å². The van der Waals surface area contributed by atoms with E-state index < -0.39 is 6.10 Å². The molecule has 0 aliphatic heterocycles. The van der Waals surface area contributed by atoms with Crippen molar-refractivity contribution < 1.29 is 14.3 Å². The fraction of sp³-hybridized carbons (Fsp3) is 0.300. The molecule has 0 aromatic heterocycles. The number of benzene rings is 2. The van der Waals surface area contributed by atoms with Crippen LogP contribution in [-0.4, -0.2) is 25.0 Å². The summed E-state index contributed by atoms with van der Waals surface area (Å²) in [5.74, 6) is 0.580. The van der Waals surface area contributed by atoms with E-state index in [-0.39, 0.29) is 24.1 Å². The molecule has 0 unspecified atom stereocenters. The van der Waals surface area contributed by atoms with E-state index in [1.165, 1.54) is 0 Å². The van der Waals surface area contributed by atoms with Crippen LogP contribution in [0, 0.1) is 5.41 Å². The van der Waals surface area contributed by atoms with E-state index in [2.05, 4.69) is 5.32 Å². The average Bonchev–Trinajstić information content (AvgIpc) is 2.65. The van der Waals surface area contributed by atoms with Crippen LogP contribution in [0.1, 0.15) is 36.6 Å². The lowest BCUT2D eigenvalue weighted by Gasteiger charge is -2.18. The Kier molecular flexibility index (Phi) is 9.33. The number of nitrogens with one attached hydrogen (secondary N) is 2. The lowest BCUT2D eigenvalue weighted by atomic mass is 10.1. The standard InChI is InChI=1S/C20H25N3O3.ClH/c1-3-25-17-11-9-15(10-12-17)18(26-4-2)20(24)23-13-14-5-7-16(8-6-14)19(21)22;/h5-12,18H,3-4,13H2,1-2H3,(H3,21,22)(H,23,24);1H/t18-;/m0./s1. The fourth-order valence-electron chi connectivity index (χ4n) is 2.48. The van der Waals surface area contributed by atoms with Gasteiger partial charge in [0, 0.05) is 18.7 Å². The molecule has 7 heteroatoms. The highest BCUT2D eigenvalue weighted by molar-refractivity contribution is 5.94. The minimum absolute atomic E-state index is 0. The first kappa shape index (κ1) is 22.5. The number of amides is 1. The molecular formula is C20H26ClN3O3. The molecule has 0 saturated heterocycles. The second kappa shape index (κ2) is 11.2. The summed E-state index contributed by atoms with van der Waals surface area (Å²) in [6.45, 7) is 5.18. The van der Waals surface area contributed by atoms with Crippen molar-refractivity contribution in [1.82, 2.24) is 5.32 Å². The third kappa shape index (κ3) is 6.58. The molecule has 1 amide bonds. The molecule has 27 heavy (non-hydrogen) atoms. The minimum atomic E-state index is -0.674. The number of hydrogen-bond donors (Lipinski definition) is 3. The Labute approximate surface area is 166 Å². The number of ether oxygens (including phenoxy) is 2. The molecule has 0 aliphatic carbocycles. The van der Waals surface area contributed by atoms with Crippen LogP contribution in [0.3, 0.4) is 0 Å². The SMILES string of the molecule is CCOc1ccc([C@H](OCC)C(=O)NCc2ccc(C(=N)N)cc2)cc1.Cl. The molecule has 2 aromatic rings. The van der Waals surface area contributed by atoms with E-state index in [1.807, 2.05) is 50.2 Å². The summed E-state index contributed by atoms with van der Waals surface area (Å²) in [6, 6.07) is 14.5. The molecule has 0 spiro atoms. The monoisotopic (exact) mass is 391 g/mol. The topological polar surface area (TPSA) is 97.4 Å². The van der Waals surface area contributed by atoms with Gasteiger partial charge in [0.25, 0.3) is 5.91 Å². The second-order valence-corrected chi connectivity index (χ2v) is 5.67. The van der Waals surface area contributed by atoms with Crippen molar-refractivity contribution >= 4 is 24.1 Å². The maximum absolute atomic E-state index is 12.6. The summed E-state index contributed by atoms with van der Waals surface area (Å²) in [4.78, 5) is 12.6. The fourth-order valence-corrected chi connectivity index (χ4v) is 2.48. The minimum Gasteiger partial charge on any atom is -0.494 e. The maximum Gasteiger partial charge on any atom is 0.254 e. The Morgan fingerprint density at radius 1 is 1.07 bits per heavy atom. The molecule has 0 radical (unpaired) electrons. The number of amidine groups is 1. The van der Waals surface area contributed by atoms with Crippen molar-refractivity contribution in [1.29, 1.82) is 5.41 Å². The quantitative estimate of drug-likeness (QED) is 0.451. The molecule has 2 aromatic carbocycles. The first-order chi connectivity index (χ1) is 12.5. The Morgan fingerprint density at radius 3 is 2.22 bits per heavy atom. The zero-order valence-corrected chi connectivity index (χ0v) is 16.3. The molecule has 0 bridgehead atoms. The van der Waals surface area contributed by atoms with Gasteiger partial charge in [0.05, 0.1) is 6.61 Å². The molecule has 0 heterocycles. The van der Waals surface area contributed by atoms with E-state index >= 15 is 0 Å². The van der Waals surface area contributed by atoms with E-state index in [0.29, 0.717) is 25.3 Å². The van der Waals surface area contributed by atoms with Gasteiger partial charge in [-0.3, -0.25) is 10.2 Å². The Hall–Kier alpha value is -2.57. The molecule has 4 N–H and O–H groups in total. The number of carbonyl (C=O) groups excluding carboxylic acids is 1. The second-order valence-electron chi connectivity index (χ2n) is 5.67. The number of halogens is 1. The van der Waals surface area contributed by atoms with Gasteiger partial charge in [-0.15, -0.1) is 12.4 Å². The third-order valence-electron chi connectivity index (χ3n) is 3.80. The van der Waals surface area contributed by atoms with E-state index in [1.54, 1.807) is 12.1 Å². The highest BCUT2D eigenvalue weighted by atomic mass is 35.5. The van der Waals surface area contributed by atoms with Crippen LogP contribution in [-0.2, 0) is 16.1 Å². The van der Waals surface area contributed by atoms with Crippen LogP contribution < -0.4 is 15.8 Å². The predicted octanol–water partition coefficient (Wildman–Crippen LogP) is 3.19. The van der Waals surface area contributed by atoms with Crippen LogP contribution >= 0.6 is 12.4 Å². The smallest absolute Gasteiger partial charge is 0.254 e. The summed E-state index contributed by atoms with van der Waals surface area (Å²) in [5, 5.41) is 10.3. The van der Waals surface area contributed by atoms with Crippen molar-refractivity contribution in [2.24, 2.45) is 5.73 Å². The Morgan fingerprint density at radius 2 is 1.70 bits per heavy atom.